The molecule has 2 nitrogen and oxygen atoms in total. The van der Waals surface area contributed by atoms with Crippen molar-refractivity contribution in [3.05, 3.63) is 0 Å². The van der Waals surface area contributed by atoms with Crippen LogP contribution >= 0.6 is 15.9 Å². The zero-order valence-electron chi connectivity index (χ0n) is 7.67. The summed E-state index contributed by atoms with van der Waals surface area (Å²) < 4.78 is 0. The Labute approximate surface area is 83.1 Å². The second-order valence-electron chi connectivity index (χ2n) is 3.63. The Hall–Kier alpha value is 0.400. The predicted octanol–water partition coefficient (Wildman–Crippen LogP) is 1.47. The van der Waals surface area contributed by atoms with Gasteiger partial charge in [0, 0.05) is 18.4 Å². The molecule has 1 aliphatic rings. The highest BCUT2D eigenvalue weighted by atomic mass is 79.9. The number of aliphatic hydroxyl groups is 1. The summed E-state index contributed by atoms with van der Waals surface area (Å²) in [5.41, 5.74) is 0. The van der Waals surface area contributed by atoms with E-state index in [9.17, 15) is 5.11 Å². The lowest BCUT2D eigenvalue weighted by Gasteiger charge is -2.18. The van der Waals surface area contributed by atoms with E-state index >= 15 is 0 Å². The minimum atomic E-state index is -0.194. The van der Waals surface area contributed by atoms with Crippen molar-refractivity contribution in [1.82, 2.24) is 4.90 Å². The van der Waals surface area contributed by atoms with Gasteiger partial charge in [0.25, 0.3) is 0 Å². The standard InChI is InChI=1S/C9H18BrNO/c1-2-8-3-4-11(6-8)7-9(12)5-10/h8-9,12H,2-7H2,1H3. The highest BCUT2D eigenvalue weighted by Crippen LogP contribution is 2.18. The van der Waals surface area contributed by atoms with E-state index in [0.29, 0.717) is 5.33 Å². The van der Waals surface area contributed by atoms with Crippen molar-refractivity contribution >= 4 is 15.9 Å². The van der Waals surface area contributed by atoms with Crippen LogP contribution in [0.4, 0.5) is 0 Å². The Bertz CT molecular complexity index is 132. The maximum atomic E-state index is 9.39. The summed E-state index contributed by atoms with van der Waals surface area (Å²) in [5.74, 6) is 0.868. The number of hydrogen-bond donors (Lipinski definition) is 1. The normalized spacial score (nSPS) is 27.8. The second kappa shape index (κ2) is 5.20. The molecule has 2 unspecified atom stereocenters. The molecule has 0 aromatic carbocycles. The molecular formula is C9H18BrNO. The number of halogens is 1. The van der Waals surface area contributed by atoms with E-state index < -0.39 is 0 Å². The summed E-state index contributed by atoms with van der Waals surface area (Å²) in [6.45, 7) is 5.43. The van der Waals surface area contributed by atoms with Gasteiger partial charge in [0.15, 0.2) is 0 Å². The Balaban J connectivity index is 2.18. The van der Waals surface area contributed by atoms with Crippen LogP contribution in [0, 0.1) is 5.92 Å². The topological polar surface area (TPSA) is 23.5 Å². The third-order valence-corrected chi connectivity index (χ3v) is 3.34. The van der Waals surface area contributed by atoms with E-state index in [1.807, 2.05) is 0 Å². The first-order chi connectivity index (χ1) is 5.76. The quantitative estimate of drug-likeness (QED) is 0.747. The zero-order valence-corrected chi connectivity index (χ0v) is 9.26. The van der Waals surface area contributed by atoms with Gasteiger partial charge in [-0.15, -0.1) is 0 Å². The monoisotopic (exact) mass is 235 g/mol. The molecule has 0 saturated carbocycles. The molecule has 1 heterocycles. The summed E-state index contributed by atoms with van der Waals surface area (Å²) in [6.07, 6.45) is 2.40. The Morgan fingerprint density at radius 3 is 2.92 bits per heavy atom. The van der Waals surface area contributed by atoms with Crippen LogP contribution in [0.5, 0.6) is 0 Å². The van der Waals surface area contributed by atoms with Crippen molar-refractivity contribution in [2.24, 2.45) is 5.92 Å². The van der Waals surface area contributed by atoms with Gasteiger partial charge in [-0.3, -0.25) is 0 Å². The first-order valence-corrected chi connectivity index (χ1v) is 5.84. The van der Waals surface area contributed by atoms with Crippen molar-refractivity contribution in [1.29, 1.82) is 0 Å². The molecule has 1 saturated heterocycles. The largest absolute Gasteiger partial charge is 0.391 e. The van der Waals surface area contributed by atoms with Crippen molar-refractivity contribution in [2.45, 2.75) is 25.9 Å². The van der Waals surface area contributed by atoms with Gasteiger partial charge >= 0.3 is 0 Å². The number of β-amino-alcohol motifs (C(OH)–C–C–N with tert-alkyl or cyclic N) is 1. The molecule has 0 aromatic heterocycles. The van der Waals surface area contributed by atoms with Gasteiger partial charge in [-0.1, -0.05) is 29.3 Å². The van der Waals surface area contributed by atoms with Crippen molar-refractivity contribution < 1.29 is 5.11 Å². The number of alkyl halides is 1. The lowest BCUT2D eigenvalue weighted by Crippen LogP contribution is -2.31. The number of rotatable bonds is 4. The number of nitrogens with zero attached hydrogens (tertiary/aromatic N) is 1. The fourth-order valence-corrected chi connectivity index (χ4v) is 1.96. The predicted molar refractivity (Wildman–Crippen MR) is 54.6 cm³/mol. The summed E-state index contributed by atoms with van der Waals surface area (Å²) in [7, 11) is 0. The van der Waals surface area contributed by atoms with E-state index in [0.717, 1.165) is 12.5 Å². The van der Waals surface area contributed by atoms with Crippen LogP contribution in [0.25, 0.3) is 0 Å². The maximum absolute atomic E-state index is 9.39. The van der Waals surface area contributed by atoms with Crippen LogP contribution in [0.2, 0.25) is 0 Å². The first kappa shape index (κ1) is 10.5. The molecule has 0 radical (unpaired) electrons. The average molecular weight is 236 g/mol. The van der Waals surface area contributed by atoms with Crippen LogP contribution < -0.4 is 0 Å². The Morgan fingerprint density at radius 2 is 2.42 bits per heavy atom. The smallest absolute Gasteiger partial charge is 0.0763 e. The van der Waals surface area contributed by atoms with Gasteiger partial charge in [0.1, 0.15) is 0 Å². The van der Waals surface area contributed by atoms with E-state index in [1.165, 1.54) is 25.9 Å². The van der Waals surface area contributed by atoms with E-state index in [2.05, 4.69) is 27.8 Å². The van der Waals surface area contributed by atoms with Crippen LogP contribution in [0.3, 0.4) is 0 Å². The van der Waals surface area contributed by atoms with E-state index in [4.69, 9.17) is 0 Å². The minimum Gasteiger partial charge on any atom is -0.391 e. The van der Waals surface area contributed by atoms with Crippen LogP contribution in [-0.2, 0) is 0 Å². The maximum Gasteiger partial charge on any atom is 0.0763 e. The molecule has 0 spiro atoms. The molecule has 1 N–H and O–H groups in total. The molecule has 72 valence electrons. The van der Waals surface area contributed by atoms with Gasteiger partial charge in [-0.2, -0.15) is 0 Å². The third kappa shape index (κ3) is 3.04. The molecule has 0 amide bonds. The lowest BCUT2D eigenvalue weighted by molar-refractivity contribution is 0.143. The fourth-order valence-electron chi connectivity index (χ4n) is 1.76. The highest BCUT2D eigenvalue weighted by molar-refractivity contribution is 9.09. The molecule has 0 aliphatic carbocycles. The van der Waals surface area contributed by atoms with E-state index in [-0.39, 0.29) is 6.10 Å². The Morgan fingerprint density at radius 1 is 1.67 bits per heavy atom. The number of aliphatic hydroxyl groups excluding tert-OH is 1. The highest BCUT2D eigenvalue weighted by Gasteiger charge is 2.21. The van der Waals surface area contributed by atoms with E-state index in [1.54, 1.807) is 0 Å². The van der Waals surface area contributed by atoms with Crippen molar-refractivity contribution in [3.8, 4) is 0 Å². The molecule has 1 fully saturated rings. The van der Waals surface area contributed by atoms with Gasteiger partial charge in [-0.05, 0) is 18.9 Å². The SMILES string of the molecule is CCC1CCN(CC(O)CBr)C1. The summed E-state index contributed by atoms with van der Waals surface area (Å²) >= 11 is 3.28. The molecule has 2 atom stereocenters. The van der Waals surface area contributed by atoms with Crippen molar-refractivity contribution in [3.63, 3.8) is 0 Å². The molecule has 1 aliphatic heterocycles. The fraction of sp³-hybridized carbons (Fsp3) is 1.00. The van der Waals surface area contributed by atoms with Gasteiger partial charge in [0.2, 0.25) is 0 Å². The molecule has 0 aromatic rings. The summed E-state index contributed by atoms with van der Waals surface area (Å²) in [6, 6.07) is 0. The Kier molecular flexibility index (Phi) is 4.54. The van der Waals surface area contributed by atoms with Crippen LogP contribution in [0.1, 0.15) is 19.8 Å². The zero-order chi connectivity index (χ0) is 8.97. The molecule has 1 rings (SSSR count). The number of hydrogen-bond acceptors (Lipinski definition) is 2. The van der Waals surface area contributed by atoms with Crippen LogP contribution in [-0.4, -0.2) is 41.1 Å². The lowest BCUT2D eigenvalue weighted by atomic mass is 10.1. The molecule has 0 bridgehead atoms. The summed E-state index contributed by atoms with van der Waals surface area (Å²) in [4.78, 5) is 2.36. The average Bonchev–Trinajstić information content (AvgIpc) is 2.52. The minimum absolute atomic E-state index is 0.194. The van der Waals surface area contributed by atoms with Gasteiger partial charge < -0.3 is 10.0 Å². The second-order valence-corrected chi connectivity index (χ2v) is 4.28. The third-order valence-electron chi connectivity index (χ3n) is 2.59. The molecule has 12 heavy (non-hydrogen) atoms. The number of likely N-dealkylation sites (tertiary alicyclic amines) is 1. The summed E-state index contributed by atoms with van der Waals surface area (Å²) in [5, 5.41) is 10.1. The molecule has 3 heteroatoms. The van der Waals surface area contributed by atoms with Gasteiger partial charge in [-0.25, -0.2) is 0 Å². The first-order valence-electron chi connectivity index (χ1n) is 4.72. The van der Waals surface area contributed by atoms with Gasteiger partial charge in [0.05, 0.1) is 6.10 Å². The van der Waals surface area contributed by atoms with Crippen molar-refractivity contribution in [2.75, 3.05) is 25.0 Å². The molecular weight excluding hydrogens is 218 g/mol. The van der Waals surface area contributed by atoms with Crippen LogP contribution in [0.15, 0.2) is 0 Å².